The molecule has 1 amide bonds. The van der Waals surface area contributed by atoms with Crippen LogP contribution in [0.5, 0.6) is 5.75 Å². The van der Waals surface area contributed by atoms with E-state index in [2.05, 4.69) is 15.5 Å². The molecule has 0 aliphatic heterocycles. The first-order valence-corrected chi connectivity index (χ1v) is 9.50. The molecule has 8 heteroatoms. The molecule has 0 fully saturated rings. The molecule has 0 atom stereocenters. The van der Waals surface area contributed by atoms with E-state index in [9.17, 15) is 4.79 Å². The summed E-state index contributed by atoms with van der Waals surface area (Å²) in [4.78, 5) is 12.2. The Hall–Kier alpha value is -2.80. The lowest BCUT2D eigenvalue weighted by Gasteiger charge is -2.10. The van der Waals surface area contributed by atoms with Crippen LogP contribution >= 0.6 is 11.6 Å². The fourth-order valence-electron chi connectivity index (χ4n) is 2.81. The number of nitrogens with one attached hydrogen (secondary N) is 1. The van der Waals surface area contributed by atoms with Crippen molar-refractivity contribution < 1.29 is 9.53 Å². The molecule has 7 nitrogen and oxygen atoms in total. The van der Waals surface area contributed by atoms with Crippen molar-refractivity contribution in [3.63, 3.8) is 0 Å². The quantitative estimate of drug-likeness (QED) is 0.586. The van der Waals surface area contributed by atoms with Gasteiger partial charge in [0.2, 0.25) is 0 Å². The van der Waals surface area contributed by atoms with Crippen LogP contribution in [0.2, 0.25) is 5.02 Å². The lowest BCUT2D eigenvalue weighted by molar-refractivity contribution is 0.0945. The highest BCUT2D eigenvalue weighted by Crippen LogP contribution is 2.25. The molecular weight excluding hydrogens is 378 g/mol. The molecule has 0 saturated heterocycles. The van der Waals surface area contributed by atoms with E-state index < -0.39 is 0 Å². The maximum absolute atomic E-state index is 12.2. The van der Waals surface area contributed by atoms with Crippen molar-refractivity contribution in [3.8, 4) is 5.75 Å². The number of aromatic nitrogens is 4. The molecule has 0 radical (unpaired) electrons. The van der Waals surface area contributed by atoms with Gasteiger partial charge < -0.3 is 10.1 Å². The minimum absolute atomic E-state index is 0.200. The summed E-state index contributed by atoms with van der Waals surface area (Å²) in [6.45, 7) is 7.41. The third-order valence-corrected chi connectivity index (χ3v) is 4.85. The molecule has 0 spiro atoms. The molecule has 148 valence electrons. The van der Waals surface area contributed by atoms with Crippen molar-refractivity contribution >= 4 is 17.5 Å². The van der Waals surface area contributed by atoms with Gasteiger partial charge in [0.1, 0.15) is 11.4 Å². The fourth-order valence-corrected chi connectivity index (χ4v) is 2.92. The fraction of sp³-hybridized carbons (Fsp3) is 0.350. The number of halogens is 1. The van der Waals surface area contributed by atoms with Crippen LogP contribution in [0.4, 0.5) is 0 Å². The second-order valence-corrected chi connectivity index (χ2v) is 7.15. The number of aryl methyl sites for hydroxylation is 4. The Morgan fingerprint density at radius 3 is 2.64 bits per heavy atom. The van der Waals surface area contributed by atoms with Crippen LogP contribution in [-0.2, 0) is 13.3 Å². The molecule has 0 saturated carbocycles. The zero-order valence-electron chi connectivity index (χ0n) is 16.3. The van der Waals surface area contributed by atoms with Crippen LogP contribution in [-0.4, -0.2) is 32.0 Å². The van der Waals surface area contributed by atoms with Gasteiger partial charge in [0, 0.05) is 30.5 Å². The van der Waals surface area contributed by atoms with Gasteiger partial charge in [-0.3, -0.25) is 9.48 Å². The van der Waals surface area contributed by atoms with Crippen LogP contribution in [0.25, 0.3) is 0 Å². The summed E-state index contributed by atoms with van der Waals surface area (Å²) in [5.74, 6) is 0.517. The summed E-state index contributed by atoms with van der Waals surface area (Å²) in [5, 5.41) is 12.1. The van der Waals surface area contributed by atoms with E-state index in [-0.39, 0.29) is 12.6 Å². The van der Waals surface area contributed by atoms with Crippen LogP contribution in [0.15, 0.2) is 36.8 Å². The number of rotatable bonds is 8. The normalized spacial score (nSPS) is 10.9. The van der Waals surface area contributed by atoms with E-state index in [1.54, 1.807) is 16.9 Å². The molecule has 0 aliphatic rings. The van der Waals surface area contributed by atoms with Crippen molar-refractivity contribution in [2.45, 2.75) is 40.5 Å². The summed E-state index contributed by atoms with van der Waals surface area (Å²) >= 11 is 6.17. The van der Waals surface area contributed by atoms with Gasteiger partial charge in [0.25, 0.3) is 5.91 Å². The number of ether oxygens (including phenoxy) is 1. The Balaban J connectivity index is 1.46. The van der Waals surface area contributed by atoms with Crippen LogP contribution in [0.1, 0.15) is 33.6 Å². The lowest BCUT2D eigenvalue weighted by atomic mass is 10.1. The third kappa shape index (κ3) is 5.13. The molecular formula is C20H24ClN5O2. The highest BCUT2D eigenvalue weighted by atomic mass is 35.5. The third-order valence-electron chi connectivity index (χ3n) is 4.26. The van der Waals surface area contributed by atoms with Gasteiger partial charge in [-0.1, -0.05) is 11.6 Å². The second kappa shape index (κ2) is 8.93. The van der Waals surface area contributed by atoms with Gasteiger partial charge in [0.15, 0.2) is 6.73 Å². The average Bonchev–Trinajstić information content (AvgIpc) is 3.30. The largest absolute Gasteiger partial charge is 0.471 e. The number of carbonyl (C=O) groups excluding carboxylic acids is 1. The molecule has 2 aromatic heterocycles. The molecule has 0 aliphatic carbocycles. The molecule has 1 N–H and O–H groups in total. The molecule has 3 rings (SSSR count). The Morgan fingerprint density at radius 2 is 1.96 bits per heavy atom. The van der Waals surface area contributed by atoms with Crippen LogP contribution in [0, 0.1) is 20.8 Å². The predicted molar refractivity (Wildman–Crippen MR) is 108 cm³/mol. The highest BCUT2D eigenvalue weighted by molar-refractivity contribution is 6.32. The van der Waals surface area contributed by atoms with E-state index in [1.807, 2.05) is 50.0 Å². The van der Waals surface area contributed by atoms with Crippen LogP contribution < -0.4 is 10.1 Å². The summed E-state index contributed by atoms with van der Waals surface area (Å²) < 4.78 is 9.20. The molecule has 0 bridgehead atoms. The van der Waals surface area contributed by atoms with Crippen molar-refractivity contribution in [1.29, 1.82) is 0 Å². The summed E-state index contributed by atoms with van der Waals surface area (Å²) in [6, 6.07) is 5.44. The zero-order valence-corrected chi connectivity index (χ0v) is 17.0. The standard InChI is InChI=1S/C20H24ClN5O2/c1-14-11-23-25(12-14)7-4-6-22-20(27)18-5-8-26(24-18)13-28-17-9-15(2)19(21)16(3)10-17/h5,8-12H,4,6-7,13H2,1-3H3,(H,22,27). The Kier molecular flexibility index (Phi) is 6.36. The average molecular weight is 402 g/mol. The first-order valence-electron chi connectivity index (χ1n) is 9.12. The van der Waals surface area contributed by atoms with E-state index in [0.717, 1.165) is 40.4 Å². The smallest absolute Gasteiger partial charge is 0.271 e. The van der Waals surface area contributed by atoms with E-state index in [4.69, 9.17) is 16.3 Å². The number of carbonyl (C=O) groups is 1. The number of hydrogen-bond acceptors (Lipinski definition) is 4. The molecule has 3 aromatic rings. The first-order chi connectivity index (χ1) is 13.4. The van der Waals surface area contributed by atoms with E-state index >= 15 is 0 Å². The predicted octanol–water partition coefficient (Wildman–Crippen LogP) is 3.51. The summed E-state index contributed by atoms with van der Waals surface area (Å²) in [5.41, 5.74) is 3.41. The van der Waals surface area contributed by atoms with Crippen molar-refractivity contribution in [2.75, 3.05) is 6.54 Å². The monoisotopic (exact) mass is 401 g/mol. The Bertz CT molecular complexity index is 940. The van der Waals surface area contributed by atoms with Gasteiger partial charge in [-0.05, 0) is 62.1 Å². The maximum atomic E-state index is 12.2. The lowest BCUT2D eigenvalue weighted by Crippen LogP contribution is -2.26. The van der Waals surface area contributed by atoms with Gasteiger partial charge in [-0.25, -0.2) is 4.68 Å². The molecule has 0 unspecified atom stereocenters. The van der Waals surface area contributed by atoms with Crippen molar-refractivity contribution in [2.24, 2.45) is 0 Å². The highest BCUT2D eigenvalue weighted by Gasteiger charge is 2.10. The number of hydrogen-bond donors (Lipinski definition) is 1. The zero-order chi connectivity index (χ0) is 20.1. The van der Waals surface area contributed by atoms with Gasteiger partial charge in [-0.15, -0.1) is 0 Å². The van der Waals surface area contributed by atoms with E-state index in [0.29, 0.717) is 12.2 Å². The van der Waals surface area contributed by atoms with Gasteiger partial charge in [0.05, 0.1) is 6.20 Å². The second-order valence-electron chi connectivity index (χ2n) is 6.78. The topological polar surface area (TPSA) is 74.0 Å². The molecule has 28 heavy (non-hydrogen) atoms. The summed E-state index contributed by atoms with van der Waals surface area (Å²) in [7, 11) is 0. The SMILES string of the molecule is Cc1cnn(CCCNC(=O)c2ccn(COc3cc(C)c(Cl)c(C)c3)n2)c1. The Morgan fingerprint density at radius 1 is 1.21 bits per heavy atom. The van der Waals surface area contributed by atoms with Crippen molar-refractivity contribution in [3.05, 3.63) is 64.2 Å². The van der Waals surface area contributed by atoms with Crippen LogP contribution in [0.3, 0.4) is 0 Å². The van der Waals surface area contributed by atoms with E-state index in [1.165, 1.54) is 0 Å². The van der Waals surface area contributed by atoms with Crippen molar-refractivity contribution in [1.82, 2.24) is 24.9 Å². The number of nitrogens with zero attached hydrogens (tertiary/aromatic N) is 4. The minimum atomic E-state index is -0.200. The summed E-state index contributed by atoms with van der Waals surface area (Å²) in [6.07, 6.45) is 6.32. The maximum Gasteiger partial charge on any atom is 0.271 e. The molecule has 1 aromatic carbocycles. The number of benzene rings is 1. The minimum Gasteiger partial charge on any atom is -0.471 e. The molecule has 2 heterocycles. The van der Waals surface area contributed by atoms with Gasteiger partial charge >= 0.3 is 0 Å². The Labute approximate surface area is 169 Å². The van der Waals surface area contributed by atoms with Gasteiger partial charge in [-0.2, -0.15) is 10.2 Å². The number of amides is 1. The first kappa shape index (κ1) is 19.9.